The maximum absolute atomic E-state index is 2.25. The van der Waals surface area contributed by atoms with Crippen molar-refractivity contribution in [3.63, 3.8) is 0 Å². The van der Waals surface area contributed by atoms with Gasteiger partial charge in [0.05, 0.1) is 0 Å². The van der Waals surface area contributed by atoms with E-state index in [-0.39, 0.29) is 0 Å². The van der Waals surface area contributed by atoms with Crippen LogP contribution in [0.5, 0.6) is 0 Å². The summed E-state index contributed by atoms with van der Waals surface area (Å²) >= 11 is 0. The third-order valence-corrected chi connectivity index (χ3v) is 3.52. The maximum Gasteiger partial charge on any atom is -0.0105 e. The number of hydrogen-bond donors (Lipinski definition) is 0. The third kappa shape index (κ3) is 3.29. The molecule has 3 aromatic carbocycles. The van der Waals surface area contributed by atoms with Crippen LogP contribution in [0.3, 0.4) is 0 Å². The number of aryl methyl sites for hydroxylation is 1. The molecule has 0 amide bonds. The molecule has 0 aliphatic rings. The summed E-state index contributed by atoms with van der Waals surface area (Å²) in [7, 11) is 0. The lowest BCUT2D eigenvalue weighted by atomic mass is 9.95. The van der Waals surface area contributed by atoms with Crippen molar-refractivity contribution in [1.29, 1.82) is 0 Å². The second kappa shape index (κ2) is 6.23. The first-order chi connectivity index (χ1) is 10.3. The van der Waals surface area contributed by atoms with Gasteiger partial charge in [-0.15, -0.1) is 0 Å². The molecule has 0 radical (unpaired) electrons. The van der Waals surface area contributed by atoms with E-state index in [2.05, 4.69) is 91.9 Å². The second-order valence-electron chi connectivity index (χ2n) is 5.20. The molecule has 3 aromatic rings. The van der Waals surface area contributed by atoms with Crippen molar-refractivity contribution >= 4 is 11.6 Å². The third-order valence-electron chi connectivity index (χ3n) is 3.52. The SMILES string of the molecule is Cc1cccc(C(=Cc2ccccc2)c2ccccc2)c1. The molecule has 0 nitrogen and oxygen atoms in total. The highest BCUT2D eigenvalue weighted by molar-refractivity contribution is 5.91. The van der Waals surface area contributed by atoms with E-state index in [9.17, 15) is 0 Å². The van der Waals surface area contributed by atoms with Crippen LogP contribution in [0.25, 0.3) is 11.6 Å². The van der Waals surface area contributed by atoms with Gasteiger partial charge in [-0.3, -0.25) is 0 Å². The molecule has 0 aliphatic carbocycles. The van der Waals surface area contributed by atoms with Gasteiger partial charge >= 0.3 is 0 Å². The van der Waals surface area contributed by atoms with Crippen molar-refractivity contribution < 1.29 is 0 Å². The molecule has 0 spiro atoms. The molecule has 0 aliphatic heterocycles. The Kier molecular flexibility index (Phi) is 3.97. The zero-order chi connectivity index (χ0) is 14.5. The van der Waals surface area contributed by atoms with E-state index < -0.39 is 0 Å². The van der Waals surface area contributed by atoms with Crippen molar-refractivity contribution in [3.8, 4) is 0 Å². The van der Waals surface area contributed by atoms with Gasteiger partial charge in [0.25, 0.3) is 0 Å². The zero-order valence-electron chi connectivity index (χ0n) is 12.2. The largest absolute Gasteiger partial charge is 0.0622 e. The fraction of sp³-hybridized carbons (Fsp3) is 0.0476. The molecule has 0 saturated heterocycles. The van der Waals surface area contributed by atoms with Gasteiger partial charge in [0, 0.05) is 0 Å². The summed E-state index contributed by atoms with van der Waals surface area (Å²) in [5, 5.41) is 0. The molecule has 0 heteroatoms. The van der Waals surface area contributed by atoms with E-state index in [1.165, 1.54) is 27.8 Å². The number of benzene rings is 3. The molecule has 0 saturated carbocycles. The van der Waals surface area contributed by atoms with E-state index in [0.717, 1.165) is 0 Å². The van der Waals surface area contributed by atoms with E-state index in [1.807, 2.05) is 6.07 Å². The monoisotopic (exact) mass is 270 g/mol. The number of hydrogen-bond acceptors (Lipinski definition) is 0. The van der Waals surface area contributed by atoms with E-state index in [1.54, 1.807) is 0 Å². The summed E-state index contributed by atoms with van der Waals surface area (Å²) in [6, 6.07) is 29.7. The molecule has 0 unspecified atom stereocenters. The summed E-state index contributed by atoms with van der Waals surface area (Å²) in [4.78, 5) is 0. The van der Waals surface area contributed by atoms with Gasteiger partial charge < -0.3 is 0 Å². The van der Waals surface area contributed by atoms with Crippen LogP contribution in [-0.4, -0.2) is 0 Å². The molecule has 0 aromatic heterocycles. The van der Waals surface area contributed by atoms with Gasteiger partial charge in [0.15, 0.2) is 0 Å². The topological polar surface area (TPSA) is 0 Å². The Labute approximate surface area is 126 Å². The summed E-state index contributed by atoms with van der Waals surface area (Å²) in [6.45, 7) is 2.13. The minimum absolute atomic E-state index is 1.22. The lowest BCUT2D eigenvalue weighted by Gasteiger charge is -2.10. The van der Waals surface area contributed by atoms with Crippen LogP contribution in [0, 0.1) is 6.92 Å². The lowest BCUT2D eigenvalue weighted by molar-refractivity contribution is 1.44. The summed E-state index contributed by atoms with van der Waals surface area (Å²) in [6.07, 6.45) is 2.25. The first-order valence-corrected chi connectivity index (χ1v) is 7.22. The average Bonchev–Trinajstić information content (AvgIpc) is 2.54. The van der Waals surface area contributed by atoms with E-state index in [4.69, 9.17) is 0 Å². The molecule has 0 heterocycles. The van der Waals surface area contributed by atoms with Crippen LogP contribution in [0.4, 0.5) is 0 Å². The van der Waals surface area contributed by atoms with E-state index in [0.29, 0.717) is 0 Å². The maximum atomic E-state index is 2.25. The fourth-order valence-corrected chi connectivity index (χ4v) is 2.48. The first kappa shape index (κ1) is 13.4. The zero-order valence-corrected chi connectivity index (χ0v) is 12.2. The quantitative estimate of drug-likeness (QED) is 0.545. The highest BCUT2D eigenvalue weighted by atomic mass is 14.1. The Balaban J connectivity index is 2.14. The van der Waals surface area contributed by atoms with Crippen molar-refractivity contribution in [2.24, 2.45) is 0 Å². The van der Waals surface area contributed by atoms with Gasteiger partial charge in [0.2, 0.25) is 0 Å². The Morgan fingerprint density at radius 1 is 0.667 bits per heavy atom. The van der Waals surface area contributed by atoms with Crippen LogP contribution in [0.15, 0.2) is 84.9 Å². The molecule has 0 fully saturated rings. The molecule has 3 rings (SSSR count). The predicted molar refractivity (Wildman–Crippen MR) is 91.0 cm³/mol. The second-order valence-corrected chi connectivity index (χ2v) is 5.20. The van der Waals surface area contributed by atoms with Crippen LogP contribution in [0.2, 0.25) is 0 Å². The Morgan fingerprint density at radius 3 is 1.95 bits per heavy atom. The van der Waals surface area contributed by atoms with E-state index >= 15 is 0 Å². The smallest absolute Gasteiger partial charge is 0.0105 e. The Hall–Kier alpha value is -2.60. The summed E-state index contributed by atoms with van der Waals surface area (Å²) < 4.78 is 0. The van der Waals surface area contributed by atoms with Gasteiger partial charge in [0.1, 0.15) is 0 Å². The van der Waals surface area contributed by atoms with Crippen molar-refractivity contribution in [2.45, 2.75) is 6.92 Å². The fourth-order valence-electron chi connectivity index (χ4n) is 2.48. The highest BCUT2D eigenvalue weighted by Gasteiger charge is 2.05. The van der Waals surface area contributed by atoms with Crippen molar-refractivity contribution in [1.82, 2.24) is 0 Å². The lowest BCUT2D eigenvalue weighted by Crippen LogP contribution is -1.89. The minimum atomic E-state index is 1.22. The molecule has 21 heavy (non-hydrogen) atoms. The molecule has 0 atom stereocenters. The van der Waals surface area contributed by atoms with Crippen LogP contribution in [-0.2, 0) is 0 Å². The average molecular weight is 270 g/mol. The standard InChI is InChI=1S/C21H18/c1-17-9-8-14-20(15-17)21(19-12-6-3-7-13-19)16-18-10-4-2-5-11-18/h2-16H,1H3. The molecular formula is C21H18. The summed E-state index contributed by atoms with van der Waals surface area (Å²) in [5.41, 5.74) is 6.25. The predicted octanol–water partition coefficient (Wildman–Crippen LogP) is 5.58. The minimum Gasteiger partial charge on any atom is -0.0622 e. The highest BCUT2D eigenvalue weighted by Crippen LogP contribution is 2.26. The van der Waals surface area contributed by atoms with Crippen LogP contribution < -0.4 is 0 Å². The van der Waals surface area contributed by atoms with Crippen molar-refractivity contribution in [3.05, 3.63) is 107 Å². The molecule has 0 N–H and O–H groups in total. The summed E-state index contributed by atoms with van der Waals surface area (Å²) in [5.74, 6) is 0. The van der Waals surface area contributed by atoms with Crippen LogP contribution in [0.1, 0.15) is 22.3 Å². The van der Waals surface area contributed by atoms with Crippen molar-refractivity contribution in [2.75, 3.05) is 0 Å². The Bertz CT molecular complexity index is 737. The first-order valence-electron chi connectivity index (χ1n) is 7.22. The van der Waals surface area contributed by atoms with Gasteiger partial charge in [-0.1, -0.05) is 90.5 Å². The van der Waals surface area contributed by atoms with Crippen LogP contribution >= 0.6 is 0 Å². The molecule has 102 valence electrons. The van der Waals surface area contributed by atoms with Gasteiger partial charge in [-0.05, 0) is 35.3 Å². The van der Waals surface area contributed by atoms with Gasteiger partial charge in [-0.2, -0.15) is 0 Å². The molecule has 0 bridgehead atoms. The van der Waals surface area contributed by atoms with Gasteiger partial charge in [-0.25, -0.2) is 0 Å². The number of rotatable bonds is 3. The molecular weight excluding hydrogens is 252 g/mol. The Morgan fingerprint density at radius 2 is 1.29 bits per heavy atom. The normalized spacial score (nSPS) is 11.4.